The largest absolute Gasteiger partial charge is 0.460 e. The molecule has 352 valence electrons. The molecule has 4 aromatic carbocycles. The van der Waals surface area contributed by atoms with E-state index in [0.29, 0.717) is 24.0 Å². The number of esters is 1. The van der Waals surface area contributed by atoms with Crippen LogP contribution < -0.4 is 16.4 Å². The number of guanidine groups is 1. The Labute approximate surface area is 385 Å². The van der Waals surface area contributed by atoms with Crippen molar-refractivity contribution in [2.24, 2.45) is 10.7 Å². The average molecular weight is 909 g/mol. The van der Waals surface area contributed by atoms with Gasteiger partial charge in [-0.25, -0.2) is 24.1 Å². The highest BCUT2D eigenvalue weighted by atomic mass is 16.6. The minimum atomic E-state index is -1.14. The number of carbonyl (C=O) groups excluding carboxylic acids is 6. The van der Waals surface area contributed by atoms with E-state index in [2.05, 4.69) is 15.6 Å². The Hall–Kier alpha value is -7.43. The number of rotatable bonds is 22. The smallest absolute Gasteiger partial charge is 0.437 e. The Morgan fingerprint density at radius 1 is 0.606 bits per heavy atom. The molecule has 0 spiro atoms. The van der Waals surface area contributed by atoms with E-state index in [-0.39, 0.29) is 71.9 Å². The molecule has 0 heterocycles. The lowest BCUT2D eigenvalue weighted by atomic mass is 10.1. The highest BCUT2D eigenvalue weighted by Crippen LogP contribution is 2.12. The number of alkyl carbamates (subject to hydrolysis) is 1. The Morgan fingerprint density at radius 3 is 1.61 bits per heavy atom. The Balaban J connectivity index is 1.39. The molecule has 0 radical (unpaired) electrons. The van der Waals surface area contributed by atoms with Crippen LogP contribution >= 0.6 is 0 Å². The number of ether oxygens (including phenoxy) is 5. The molecule has 4 N–H and O–H groups in total. The molecule has 4 aromatic rings. The van der Waals surface area contributed by atoms with Crippen molar-refractivity contribution in [3.05, 3.63) is 144 Å². The summed E-state index contributed by atoms with van der Waals surface area (Å²) in [6, 6.07) is 34.9. The lowest BCUT2D eigenvalue weighted by Gasteiger charge is -2.24. The summed E-state index contributed by atoms with van der Waals surface area (Å²) in [5.74, 6) is -1.49. The van der Waals surface area contributed by atoms with Crippen LogP contribution in [0.4, 0.5) is 19.2 Å². The predicted molar refractivity (Wildman–Crippen MR) is 245 cm³/mol. The molecule has 17 nitrogen and oxygen atoms in total. The van der Waals surface area contributed by atoms with Gasteiger partial charge < -0.3 is 45.0 Å². The molecule has 0 saturated heterocycles. The third-order valence-electron chi connectivity index (χ3n) is 9.43. The van der Waals surface area contributed by atoms with E-state index in [1.165, 1.54) is 4.90 Å². The second-order valence-corrected chi connectivity index (χ2v) is 16.0. The summed E-state index contributed by atoms with van der Waals surface area (Å²) >= 11 is 0. The third kappa shape index (κ3) is 20.4. The van der Waals surface area contributed by atoms with Crippen LogP contribution in [0, 0.1) is 0 Å². The van der Waals surface area contributed by atoms with Crippen molar-refractivity contribution in [1.82, 2.24) is 20.4 Å². The van der Waals surface area contributed by atoms with Crippen molar-refractivity contribution in [2.45, 2.75) is 90.9 Å². The molecule has 0 aliphatic rings. The van der Waals surface area contributed by atoms with E-state index in [0.717, 1.165) is 16.0 Å². The van der Waals surface area contributed by atoms with Gasteiger partial charge in [-0.2, -0.15) is 0 Å². The van der Waals surface area contributed by atoms with Crippen molar-refractivity contribution < 1.29 is 52.5 Å². The van der Waals surface area contributed by atoms with E-state index in [9.17, 15) is 28.8 Å². The maximum atomic E-state index is 13.7. The van der Waals surface area contributed by atoms with Gasteiger partial charge in [-0.15, -0.1) is 4.99 Å². The number of benzene rings is 4. The van der Waals surface area contributed by atoms with Crippen molar-refractivity contribution in [3.8, 4) is 0 Å². The first kappa shape index (κ1) is 51.2. The first-order valence-corrected chi connectivity index (χ1v) is 21.7. The normalized spacial score (nSPS) is 11.6. The first-order chi connectivity index (χ1) is 31.8. The summed E-state index contributed by atoms with van der Waals surface area (Å²) in [5, 5.41) is 5.45. The lowest BCUT2D eigenvalue weighted by Crippen LogP contribution is -2.48. The van der Waals surface area contributed by atoms with Crippen LogP contribution in [0.25, 0.3) is 0 Å². The van der Waals surface area contributed by atoms with Gasteiger partial charge in [0.25, 0.3) is 0 Å². The topological polar surface area (TPSA) is 217 Å². The number of hydrogen-bond donors (Lipinski definition) is 3. The third-order valence-corrected chi connectivity index (χ3v) is 9.43. The summed E-state index contributed by atoms with van der Waals surface area (Å²) in [6.45, 7) is 5.39. The minimum Gasteiger partial charge on any atom is -0.460 e. The number of hydrogen-bond acceptors (Lipinski definition) is 11. The minimum absolute atomic E-state index is 0.00777. The van der Waals surface area contributed by atoms with Crippen LogP contribution in [-0.4, -0.2) is 89.8 Å². The van der Waals surface area contributed by atoms with Crippen LogP contribution in [0.15, 0.2) is 126 Å². The molecule has 4 rings (SSSR count). The fourth-order valence-corrected chi connectivity index (χ4v) is 6.12. The van der Waals surface area contributed by atoms with E-state index in [1.54, 1.807) is 93.6 Å². The molecular weight excluding hydrogens is 849 g/mol. The van der Waals surface area contributed by atoms with Crippen molar-refractivity contribution >= 4 is 42.2 Å². The number of unbranched alkanes of at least 4 members (excludes halogenated alkanes) is 1. The molecule has 0 bridgehead atoms. The van der Waals surface area contributed by atoms with Gasteiger partial charge in [0.15, 0.2) is 0 Å². The molecule has 0 aliphatic carbocycles. The van der Waals surface area contributed by atoms with Gasteiger partial charge in [-0.05, 0) is 68.7 Å². The fourth-order valence-electron chi connectivity index (χ4n) is 6.12. The molecule has 0 unspecified atom stereocenters. The van der Waals surface area contributed by atoms with E-state index >= 15 is 0 Å². The van der Waals surface area contributed by atoms with Crippen LogP contribution in [-0.2, 0) is 59.7 Å². The SMILES string of the molecule is CC(C)(C)OC(=O)CCN(CCCCNC(=O)[C@H](CCCN(C(=O)OCc1ccccc1)/C(N)=N/C(=O)OCc1ccccc1)NC(=O)OCc1ccccc1)C(=O)OCc1ccccc1. The molecule has 0 saturated carbocycles. The Kier molecular flexibility index (Phi) is 21.5. The van der Waals surface area contributed by atoms with Gasteiger partial charge in [0.2, 0.25) is 11.9 Å². The number of nitrogens with zero attached hydrogens (tertiary/aromatic N) is 3. The van der Waals surface area contributed by atoms with Crippen molar-refractivity contribution in [2.75, 3.05) is 26.2 Å². The molecule has 0 aliphatic heterocycles. The number of aliphatic imine (C=N–C) groups is 1. The van der Waals surface area contributed by atoms with Gasteiger partial charge in [0.1, 0.15) is 38.1 Å². The maximum Gasteiger partial charge on any atom is 0.437 e. The summed E-state index contributed by atoms with van der Waals surface area (Å²) in [5.41, 5.74) is 8.47. The highest BCUT2D eigenvalue weighted by molar-refractivity contribution is 5.98. The van der Waals surface area contributed by atoms with Gasteiger partial charge >= 0.3 is 30.3 Å². The molecule has 66 heavy (non-hydrogen) atoms. The maximum absolute atomic E-state index is 13.7. The molecule has 0 aromatic heterocycles. The van der Waals surface area contributed by atoms with Crippen molar-refractivity contribution in [3.63, 3.8) is 0 Å². The molecule has 0 fully saturated rings. The summed E-state index contributed by atoms with van der Waals surface area (Å²) in [6.07, 6.45) is -2.52. The quantitative estimate of drug-likeness (QED) is 0.0228. The van der Waals surface area contributed by atoms with Gasteiger partial charge in [-0.3, -0.25) is 9.59 Å². The molecule has 17 heteroatoms. The van der Waals surface area contributed by atoms with E-state index < -0.39 is 53.9 Å². The van der Waals surface area contributed by atoms with Crippen LogP contribution in [0.1, 0.15) is 75.1 Å². The number of carbonyl (C=O) groups is 6. The Bertz CT molecular complexity index is 2150. The van der Waals surface area contributed by atoms with E-state index in [1.807, 2.05) is 48.5 Å². The second kappa shape index (κ2) is 27.7. The molecule has 1 atom stereocenters. The fraction of sp³-hybridized carbons (Fsp3) is 0.367. The van der Waals surface area contributed by atoms with Crippen LogP contribution in [0.3, 0.4) is 0 Å². The average Bonchev–Trinajstić information content (AvgIpc) is 3.31. The predicted octanol–water partition coefficient (Wildman–Crippen LogP) is 7.62. The lowest BCUT2D eigenvalue weighted by molar-refractivity contribution is -0.155. The van der Waals surface area contributed by atoms with Crippen molar-refractivity contribution in [1.29, 1.82) is 0 Å². The Morgan fingerprint density at radius 2 is 1.09 bits per heavy atom. The first-order valence-electron chi connectivity index (χ1n) is 21.7. The van der Waals surface area contributed by atoms with Gasteiger partial charge in [-0.1, -0.05) is 121 Å². The number of nitrogens with two attached hydrogens (primary N) is 1. The van der Waals surface area contributed by atoms with Crippen LogP contribution in [0.2, 0.25) is 0 Å². The van der Waals surface area contributed by atoms with Gasteiger partial charge in [0.05, 0.1) is 6.42 Å². The summed E-state index contributed by atoms with van der Waals surface area (Å²) in [7, 11) is 0. The van der Waals surface area contributed by atoms with E-state index in [4.69, 9.17) is 29.4 Å². The number of amides is 5. The molecule has 5 amide bonds. The molecular formula is C49H60N6O11. The highest BCUT2D eigenvalue weighted by Gasteiger charge is 2.26. The zero-order chi connectivity index (χ0) is 47.6. The second-order valence-electron chi connectivity index (χ2n) is 16.0. The van der Waals surface area contributed by atoms with Crippen LogP contribution in [0.5, 0.6) is 0 Å². The zero-order valence-corrected chi connectivity index (χ0v) is 37.7. The summed E-state index contributed by atoms with van der Waals surface area (Å²) < 4.78 is 27.1. The summed E-state index contributed by atoms with van der Waals surface area (Å²) in [4.78, 5) is 84.6. The standard InChI is InChI=1S/C49H60N6O11/c1-49(2,3)66-42(56)28-32-54(47(60)64-35-39-23-12-6-13-24-39)30-17-16-29-51-43(57)41(52-45(58)62-33-37-19-8-4-9-20-37)27-18-31-55(48(61)65-36-40-25-14-7-15-26-40)44(50)53-46(59)63-34-38-21-10-5-11-22-38/h4-15,19-26,41H,16-18,27-36H2,1-3H3,(H,51,57)(H,52,58)(H2,50,53,59)/t41-/m0/s1. The van der Waals surface area contributed by atoms with Gasteiger partial charge in [0, 0.05) is 26.2 Å². The monoisotopic (exact) mass is 908 g/mol. The number of nitrogens with one attached hydrogen (secondary N) is 2. The zero-order valence-electron chi connectivity index (χ0n) is 37.7.